The van der Waals surface area contributed by atoms with Crippen molar-refractivity contribution < 1.29 is 0 Å². The number of fused-ring (bicyclic) bond motifs is 1. The van der Waals surface area contributed by atoms with Crippen molar-refractivity contribution >= 4 is 11.5 Å². The van der Waals surface area contributed by atoms with Crippen LogP contribution in [0.4, 0.5) is 5.82 Å². The number of aryl methyl sites for hydroxylation is 1. The first-order valence-electron chi connectivity index (χ1n) is 6.31. The van der Waals surface area contributed by atoms with E-state index in [1.807, 2.05) is 49.5 Å². The van der Waals surface area contributed by atoms with Crippen LogP contribution in [0.15, 0.2) is 42.6 Å². The van der Waals surface area contributed by atoms with Crippen LogP contribution in [0.25, 0.3) is 5.65 Å². The van der Waals surface area contributed by atoms with E-state index in [9.17, 15) is 0 Å². The van der Waals surface area contributed by atoms with Crippen LogP contribution in [0.2, 0.25) is 0 Å². The Balaban J connectivity index is 1.80. The molecule has 5 heteroatoms. The van der Waals surface area contributed by atoms with Gasteiger partial charge in [0.1, 0.15) is 23.2 Å². The summed E-state index contributed by atoms with van der Waals surface area (Å²) < 4.78 is 2.05. The minimum atomic E-state index is 0.404. The predicted octanol–water partition coefficient (Wildman–Crippen LogP) is 2.52. The van der Waals surface area contributed by atoms with Crippen molar-refractivity contribution in [3.05, 3.63) is 59.7 Å². The molecule has 0 aliphatic carbocycles. The first-order valence-corrected chi connectivity index (χ1v) is 6.31. The third kappa shape index (κ3) is 2.31. The molecular formula is C15H13N5. The van der Waals surface area contributed by atoms with Crippen LogP contribution in [-0.4, -0.2) is 14.4 Å². The first-order chi connectivity index (χ1) is 9.76. The number of nitrogens with one attached hydrogen (secondary N) is 1. The van der Waals surface area contributed by atoms with E-state index in [1.165, 1.54) is 0 Å². The van der Waals surface area contributed by atoms with E-state index in [0.717, 1.165) is 17.0 Å². The van der Waals surface area contributed by atoms with Gasteiger partial charge in [-0.05, 0) is 31.2 Å². The Morgan fingerprint density at radius 1 is 1.20 bits per heavy atom. The summed E-state index contributed by atoms with van der Waals surface area (Å²) in [5, 5.41) is 12.0. The molecule has 20 heavy (non-hydrogen) atoms. The van der Waals surface area contributed by atoms with Gasteiger partial charge in [0, 0.05) is 11.9 Å². The molecule has 98 valence electrons. The van der Waals surface area contributed by atoms with Crippen molar-refractivity contribution in [2.45, 2.75) is 13.5 Å². The summed E-state index contributed by atoms with van der Waals surface area (Å²) in [5.74, 6) is 0.679. The van der Waals surface area contributed by atoms with Crippen LogP contribution >= 0.6 is 0 Å². The molecule has 0 saturated carbocycles. The highest BCUT2D eigenvalue weighted by Gasteiger charge is 2.03. The van der Waals surface area contributed by atoms with Crippen molar-refractivity contribution in [2.24, 2.45) is 0 Å². The molecule has 5 nitrogen and oxygen atoms in total. The standard InChI is InChI=1S/C15H13N5/c1-11-4-2-7-15-19-13(10-20(11)15)9-17-14-6-3-5-12(8-16)18-14/h2-7,10H,9H2,1H3,(H,17,18). The highest BCUT2D eigenvalue weighted by atomic mass is 15.0. The van der Waals surface area contributed by atoms with Gasteiger partial charge in [-0.3, -0.25) is 0 Å². The van der Waals surface area contributed by atoms with Crippen molar-refractivity contribution in [3.8, 4) is 6.07 Å². The lowest BCUT2D eigenvalue weighted by molar-refractivity contribution is 1.05. The molecule has 3 heterocycles. The number of imidazole rings is 1. The number of nitrogens with zero attached hydrogens (tertiary/aromatic N) is 4. The van der Waals surface area contributed by atoms with E-state index < -0.39 is 0 Å². The van der Waals surface area contributed by atoms with Gasteiger partial charge in [0.2, 0.25) is 0 Å². The van der Waals surface area contributed by atoms with Crippen molar-refractivity contribution in [3.63, 3.8) is 0 Å². The van der Waals surface area contributed by atoms with Gasteiger partial charge in [0.05, 0.1) is 12.2 Å². The smallest absolute Gasteiger partial charge is 0.142 e. The third-order valence-electron chi connectivity index (χ3n) is 3.06. The quantitative estimate of drug-likeness (QED) is 0.788. The Morgan fingerprint density at radius 2 is 2.05 bits per heavy atom. The zero-order chi connectivity index (χ0) is 13.9. The molecule has 0 unspecified atom stereocenters. The summed E-state index contributed by atoms with van der Waals surface area (Å²) in [6, 6.07) is 13.4. The summed E-state index contributed by atoms with van der Waals surface area (Å²) in [6.07, 6.45) is 2.01. The monoisotopic (exact) mass is 263 g/mol. The van der Waals surface area contributed by atoms with E-state index in [-0.39, 0.29) is 0 Å². The maximum Gasteiger partial charge on any atom is 0.142 e. The fourth-order valence-electron chi connectivity index (χ4n) is 2.06. The molecule has 0 aliphatic rings. The summed E-state index contributed by atoms with van der Waals surface area (Å²) in [6.45, 7) is 2.62. The Labute approximate surface area is 116 Å². The molecule has 3 rings (SSSR count). The maximum absolute atomic E-state index is 8.82. The number of rotatable bonds is 3. The Kier molecular flexibility index (Phi) is 3.05. The van der Waals surface area contributed by atoms with Gasteiger partial charge in [-0.15, -0.1) is 0 Å². The van der Waals surface area contributed by atoms with Gasteiger partial charge in [-0.1, -0.05) is 12.1 Å². The molecule has 0 fully saturated rings. The second-order valence-corrected chi connectivity index (χ2v) is 4.50. The van der Waals surface area contributed by atoms with Crippen LogP contribution in [0.5, 0.6) is 0 Å². The highest BCUT2D eigenvalue weighted by molar-refractivity contribution is 5.43. The van der Waals surface area contributed by atoms with Crippen LogP contribution in [0.3, 0.4) is 0 Å². The number of hydrogen-bond acceptors (Lipinski definition) is 4. The average Bonchev–Trinajstić information content (AvgIpc) is 2.90. The first kappa shape index (κ1) is 12.2. The van der Waals surface area contributed by atoms with E-state index in [0.29, 0.717) is 18.1 Å². The largest absolute Gasteiger partial charge is 0.364 e. The molecule has 0 spiro atoms. The fourth-order valence-corrected chi connectivity index (χ4v) is 2.06. The molecule has 3 aromatic heterocycles. The van der Waals surface area contributed by atoms with Gasteiger partial charge in [0.15, 0.2) is 0 Å². The summed E-state index contributed by atoms with van der Waals surface area (Å²) in [5.41, 5.74) is 3.41. The molecule has 0 bridgehead atoms. The molecule has 0 radical (unpaired) electrons. The molecule has 0 aromatic carbocycles. The van der Waals surface area contributed by atoms with Crippen LogP contribution < -0.4 is 5.32 Å². The summed E-state index contributed by atoms with van der Waals surface area (Å²) >= 11 is 0. The minimum Gasteiger partial charge on any atom is -0.364 e. The molecule has 0 amide bonds. The topological polar surface area (TPSA) is 66.0 Å². The lowest BCUT2D eigenvalue weighted by Gasteiger charge is -2.02. The highest BCUT2D eigenvalue weighted by Crippen LogP contribution is 2.10. The number of hydrogen-bond donors (Lipinski definition) is 1. The van der Waals surface area contributed by atoms with Crippen molar-refractivity contribution in [1.29, 1.82) is 5.26 Å². The van der Waals surface area contributed by atoms with Crippen molar-refractivity contribution in [1.82, 2.24) is 14.4 Å². The second kappa shape index (κ2) is 5.02. The average molecular weight is 263 g/mol. The number of aromatic nitrogens is 3. The summed E-state index contributed by atoms with van der Waals surface area (Å²) in [7, 11) is 0. The lowest BCUT2D eigenvalue weighted by atomic mass is 10.3. The fraction of sp³-hybridized carbons (Fsp3) is 0.133. The Morgan fingerprint density at radius 3 is 2.85 bits per heavy atom. The van der Waals surface area contributed by atoms with Crippen LogP contribution in [0.1, 0.15) is 17.1 Å². The molecular weight excluding hydrogens is 250 g/mol. The predicted molar refractivity (Wildman–Crippen MR) is 76.2 cm³/mol. The molecule has 0 atom stereocenters. The van der Waals surface area contributed by atoms with Gasteiger partial charge >= 0.3 is 0 Å². The zero-order valence-electron chi connectivity index (χ0n) is 11.0. The van der Waals surface area contributed by atoms with Crippen LogP contribution in [0, 0.1) is 18.3 Å². The lowest BCUT2D eigenvalue weighted by Crippen LogP contribution is -2.02. The number of nitriles is 1. The molecule has 0 aliphatic heterocycles. The van der Waals surface area contributed by atoms with Gasteiger partial charge in [-0.2, -0.15) is 5.26 Å². The van der Waals surface area contributed by atoms with Gasteiger partial charge < -0.3 is 9.72 Å². The van der Waals surface area contributed by atoms with E-state index in [1.54, 1.807) is 6.07 Å². The van der Waals surface area contributed by atoms with Gasteiger partial charge in [-0.25, -0.2) is 9.97 Å². The number of anilines is 1. The van der Waals surface area contributed by atoms with E-state index in [4.69, 9.17) is 5.26 Å². The molecule has 1 N–H and O–H groups in total. The molecule has 3 aromatic rings. The van der Waals surface area contributed by atoms with Crippen LogP contribution in [-0.2, 0) is 6.54 Å². The summed E-state index contributed by atoms with van der Waals surface area (Å²) in [4.78, 5) is 8.71. The maximum atomic E-state index is 8.82. The minimum absolute atomic E-state index is 0.404. The van der Waals surface area contributed by atoms with E-state index in [2.05, 4.69) is 19.7 Å². The van der Waals surface area contributed by atoms with Crippen molar-refractivity contribution in [2.75, 3.05) is 5.32 Å². The number of pyridine rings is 2. The Hall–Kier alpha value is -2.87. The zero-order valence-corrected chi connectivity index (χ0v) is 11.0. The molecule has 0 saturated heterocycles. The SMILES string of the molecule is Cc1cccc2nc(CNc3cccc(C#N)n3)cn12. The normalized spacial score (nSPS) is 10.4. The Bertz CT molecular complexity index is 797. The van der Waals surface area contributed by atoms with E-state index >= 15 is 0 Å². The van der Waals surface area contributed by atoms with Gasteiger partial charge in [0.25, 0.3) is 0 Å². The second-order valence-electron chi connectivity index (χ2n) is 4.50. The third-order valence-corrected chi connectivity index (χ3v) is 3.06.